The Morgan fingerprint density at radius 2 is 1.84 bits per heavy atom. The maximum absolute atomic E-state index is 11.9. The molecule has 1 saturated heterocycles. The quantitative estimate of drug-likeness (QED) is 0.605. The van der Waals surface area contributed by atoms with E-state index in [1.165, 1.54) is 11.9 Å². The van der Waals surface area contributed by atoms with Gasteiger partial charge in [-0.2, -0.15) is 0 Å². The van der Waals surface area contributed by atoms with E-state index in [2.05, 4.69) is 10.6 Å². The van der Waals surface area contributed by atoms with Crippen LogP contribution in [0.15, 0.2) is 0 Å². The minimum absolute atomic E-state index is 0.0138. The predicted octanol–water partition coefficient (Wildman–Crippen LogP) is -1.60. The van der Waals surface area contributed by atoms with E-state index in [4.69, 9.17) is 0 Å². The summed E-state index contributed by atoms with van der Waals surface area (Å²) in [5.74, 6) is -1.44. The molecule has 0 atom stereocenters. The zero-order valence-electron chi connectivity index (χ0n) is 11.7. The number of nitrogens with one attached hydrogen (secondary N) is 2. The highest BCUT2D eigenvalue weighted by Crippen LogP contribution is 1.97. The van der Waals surface area contributed by atoms with Crippen LogP contribution in [0.5, 0.6) is 0 Å². The third-order valence-corrected chi connectivity index (χ3v) is 2.76. The van der Waals surface area contributed by atoms with Gasteiger partial charge in [0.25, 0.3) is 0 Å². The second-order valence-corrected chi connectivity index (χ2v) is 4.93. The largest absolute Gasteiger partial charge is 0.352 e. The van der Waals surface area contributed by atoms with Crippen molar-refractivity contribution in [2.75, 3.05) is 39.8 Å². The van der Waals surface area contributed by atoms with Crippen molar-refractivity contribution in [2.45, 2.75) is 19.9 Å². The number of piperazine rings is 1. The molecule has 1 aliphatic heterocycles. The Morgan fingerprint density at radius 3 is 2.37 bits per heavy atom. The standard InChI is InChI=1S/C12H22N4O3/c1-9(2)14-10(17)8-15(3)11(18)12(19)16-6-4-13-5-7-16/h9,13H,4-8H2,1-3H3,(H,14,17). The van der Waals surface area contributed by atoms with Crippen LogP contribution in [0.4, 0.5) is 0 Å². The molecule has 1 heterocycles. The molecule has 3 amide bonds. The van der Waals surface area contributed by atoms with E-state index in [1.54, 1.807) is 0 Å². The number of hydrogen-bond donors (Lipinski definition) is 2. The monoisotopic (exact) mass is 270 g/mol. The molecule has 1 aliphatic rings. The van der Waals surface area contributed by atoms with Crippen molar-refractivity contribution >= 4 is 17.7 Å². The number of rotatable bonds is 3. The molecular weight excluding hydrogens is 248 g/mol. The van der Waals surface area contributed by atoms with Gasteiger partial charge in [0, 0.05) is 39.3 Å². The normalized spacial score (nSPS) is 15.3. The topological polar surface area (TPSA) is 81.8 Å². The number of nitrogens with zero attached hydrogens (tertiary/aromatic N) is 2. The zero-order chi connectivity index (χ0) is 14.4. The summed E-state index contributed by atoms with van der Waals surface area (Å²) in [6.45, 7) is 6.01. The van der Waals surface area contributed by atoms with E-state index >= 15 is 0 Å². The lowest BCUT2D eigenvalue weighted by Gasteiger charge is -2.28. The summed E-state index contributed by atoms with van der Waals surface area (Å²) in [6.07, 6.45) is 0. The molecule has 0 unspecified atom stereocenters. The van der Waals surface area contributed by atoms with Crippen molar-refractivity contribution in [1.29, 1.82) is 0 Å². The number of likely N-dealkylation sites (N-methyl/N-ethyl adjacent to an activating group) is 1. The SMILES string of the molecule is CC(C)NC(=O)CN(C)C(=O)C(=O)N1CCNCC1. The highest BCUT2D eigenvalue weighted by Gasteiger charge is 2.26. The summed E-state index contributed by atoms with van der Waals surface area (Å²) in [4.78, 5) is 38.0. The fourth-order valence-corrected chi connectivity index (χ4v) is 1.82. The molecule has 0 spiro atoms. The Balaban J connectivity index is 2.46. The first-order chi connectivity index (χ1) is 8.91. The van der Waals surface area contributed by atoms with Gasteiger partial charge in [0.05, 0.1) is 6.54 Å². The number of hydrogen-bond acceptors (Lipinski definition) is 4. The van der Waals surface area contributed by atoms with Crippen molar-refractivity contribution in [3.05, 3.63) is 0 Å². The van der Waals surface area contributed by atoms with Crippen molar-refractivity contribution < 1.29 is 14.4 Å². The number of carbonyl (C=O) groups excluding carboxylic acids is 3. The van der Waals surface area contributed by atoms with Crippen molar-refractivity contribution in [3.8, 4) is 0 Å². The molecule has 0 aromatic carbocycles. The van der Waals surface area contributed by atoms with Gasteiger partial charge < -0.3 is 20.4 Å². The number of carbonyl (C=O) groups is 3. The van der Waals surface area contributed by atoms with Gasteiger partial charge in [-0.3, -0.25) is 14.4 Å². The van der Waals surface area contributed by atoms with Gasteiger partial charge in [-0.15, -0.1) is 0 Å². The summed E-state index contributed by atoms with van der Waals surface area (Å²) >= 11 is 0. The number of amides is 3. The van der Waals surface area contributed by atoms with Crippen LogP contribution in [0.1, 0.15) is 13.8 Å². The minimum Gasteiger partial charge on any atom is -0.352 e. The van der Waals surface area contributed by atoms with Crippen LogP contribution in [0, 0.1) is 0 Å². The van der Waals surface area contributed by atoms with Crippen LogP contribution in [0.3, 0.4) is 0 Å². The lowest BCUT2D eigenvalue weighted by molar-refractivity contribution is -0.152. The van der Waals surface area contributed by atoms with Crippen molar-refractivity contribution in [3.63, 3.8) is 0 Å². The van der Waals surface area contributed by atoms with Crippen molar-refractivity contribution in [1.82, 2.24) is 20.4 Å². The smallest absolute Gasteiger partial charge is 0.312 e. The molecule has 0 aromatic rings. The second kappa shape index (κ2) is 7.08. The van der Waals surface area contributed by atoms with Crippen LogP contribution < -0.4 is 10.6 Å². The van der Waals surface area contributed by atoms with Crippen LogP contribution in [-0.4, -0.2) is 73.3 Å². The van der Waals surface area contributed by atoms with Crippen LogP contribution in [0.2, 0.25) is 0 Å². The van der Waals surface area contributed by atoms with Gasteiger partial charge >= 0.3 is 11.8 Å². The van der Waals surface area contributed by atoms with Crippen LogP contribution >= 0.6 is 0 Å². The highest BCUT2D eigenvalue weighted by molar-refractivity contribution is 6.35. The van der Waals surface area contributed by atoms with Gasteiger partial charge in [0.1, 0.15) is 0 Å². The van der Waals surface area contributed by atoms with Gasteiger partial charge in [-0.25, -0.2) is 0 Å². The summed E-state index contributed by atoms with van der Waals surface area (Å²) in [6, 6.07) is 0.0138. The molecular formula is C12H22N4O3. The van der Waals surface area contributed by atoms with Crippen molar-refractivity contribution in [2.24, 2.45) is 0 Å². The fraction of sp³-hybridized carbons (Fsp3) is 0.750. The Morgan fingerprint density at radius 1 is 1.26 bits per heavy atom. The van der Waals surface area contributed by atoms with Gasteiger partial charge in [0.2, 0.25) is 5.91 Å². The fourth-order valence-electron chi connectivity index (χ4n) is 1.82. The van der Waals surface area contributed by atoms with E-state index in [0.717, 1.165) is 4.90 Å². The van der Waals surface area contributed by atoms with E-state index in [1.807, 2.05) is 13.8 Å². The Labute approximate surface area is 113 Å². The van der Waals surface area contributed by atoms with Gasteiger partial charge in [-0.1, -0.05) is 0 Å². The summed E-state index contributed by atoms with van der Waals surface area (Å²) in [7, 11) is 1.46. The molecule has 2 N–H and O–H groups in total. The van der Waals surface area contributed by atoms with E-state index in [-0.39, 0.29) is 18.5 Å². The maximum Gasteiger partial charge on any atom is 0.312 e. The lowest BCUT2D eigenvalue weighted by Crippen LogP contribution is -2.52. The maximum atomic E-state index is 11.9. The lowest BCUT2D eigenvalue weighted by atomic mass is 10.3. The summed E-state index contributed by atoms with van der Waals surface area (Å²) in [5.41, 5.74) is 0. The van der Waals surface area contributed by atoms with E-state index in [0.29, 0.717) is 26.2 Å². The van der Waals surface area contributed by atoms with E-state index in [9.17, 15) is 14.4 Å². The third kappa shape index (κ3) is 4.86. The molecule has 19 heavy (non-hydrogen) atoms. The molecule has 0 saturated carbocycles. The zero-order valence-corrected chi connectivity index (χ0v) is 11.7. The van der Waals surface area contributed by atoms with Gasteiger partial charge in [-0.05, 0) is 13.8 Å². The summed E-state index contributed by atoms with van der Waals surface area (Å²) < 4.78 is 0. The van der Waals surface area contributed by atoms with Gasteiger partial charge in [0.15, 0.2) is 0 Å². The Kier molecular flexibility index (Phi) is 5.75. The average molecular weight is 270 g/mol. The molecule has 0 radical (unpaired) electrons. The first-order valence-electron chi connectivity index (χ1n) is 6.46. The molecule has 7 nitrogen and oxygen atoms in total. The third-order valence-electron chi connectivity index (χ3n) is 2.76. The average Bonchev–Trinajstić information content (AvgIpc) is 2.36. The first kappa shape index (κ1) is 15.4. The summed E-state index contributed by atoms with van der Waals surface area (Å²) in [5, 5.41) is 5.79. The van der Waals surface area contributed by atoms with Crippen LogP contribution in [-0.2, 0) is 14.4 Å². The van der Waals surface area contributed by atoms with E-state index < -0.39 is 11.8 Å². The molecule has 0 aromatic heterocycles. The highest BCUT2D eigenvalue weighted by atomic mass is 16.2. The minimum atomic E-state index is -0.638. The Bertz CT molecular complexity index is 351. The molecule has 108 valence electrons. The first-order valence-corrected chi connectivity index (χ1v) is 6.46. The molecule has 7 heteroatoms. The molecule has 1 fully saturated rings. The molecule has 0 bridgehead atoms. The molecule has 1 rings (SSSR count). The second-order valence-electron chi connectivity index (χ2n) is 4.93. The van der Waals surface area contributed by atoms with Crippen LogP contribution in [0.25, 0.3) is 0 Å². The Hall–Kier alpha value is -1.63. The molecule has 0 aliphatic carbocycles. The predicted molar refractivity (Wildman–Crippen MR) is 70.4 cm³/mol.